The Balaban J connectivity index is 1.43. The van der Waals surface area contributed by atoms with E-state index in [1.807, 2.05) is 36.4 Å². The highest BCUT2D eigenvalue weighted by Crippen LogP contribution is 2.15. The van der Waals surface area contributed by atoms with Gasteiger partial charge in [-0.3, -0.25) is 14.6 Å². The maximum Gasteiger partial charge on any atom is 0.238 e. The van der Waals surface area contributed by atoms with Crippen LogP contribution in [0.15, 0.2) is 48.5 Å². The van der Waals surface area contributed by atoms with Gasteiger partial charge in [0.25, 0.3) is 0 Å². The van der Waals surface area contributed by atoms with Gasteiger partial charge in [-0.2, -0.15) is 5.26 Å². The number of benzene rings is 2. The third-order valence-electron chi connectivity index (χ3n) is 4.43. The van der Waals surface area contributed by atoms with Crippen molar-refractivity contribution in [1.29, 1.82) is 5.26 Å². The topological polar surface area (TPSA) is 59.4 Å². The Morgan fingerprint density at radius 2 is 1.77 bits per heavy atom. The number of amides is 1. The van der Waals surface area contributed by atoms with Crippen molar-refractivity contribution in [1.82, 2.24) is 9.80 Å². The molecule has 26 heavy (non-hydrogen) atoms. The predicted octanol–water partition coefficient (Wildman–Crippen LogP) is 2.97. The lowest BCUT2D eigenvalue weighted by Gasteiger charge is -2.34. The summed E-state index contributed by atoms with van der Waals surface area (Å²) >= 11 is 5.94. The molecule has 2 aromatic carbocycles. The molecule has 1 amide bonds. The Morgan fingerprint density at radius 3 is 2.42 bits per heavy atom. The van der Waals surface area contributed by atoms with E-state index in [1.165, 1.54) is 5.56 Å². The smallest absolute Gasteiger partial charge is 0.238 e. The number of rotatable bonds is 5. The molecule has 0 spiro atoms. The van der Waals surface area contributed by atoms with Crippen LogP contribution in [-0.2, 0) is 11.3 Å². The fourth-order valence-corrected chi connectivity index (χ4v) is 3.21. The van der Waals surface area contributed by atoms with E-state index >= 15 is 0 Å². The number of carbonyl (C=O) groups excluding carboxylic acids is 1. The van der Waals surface area contributed by atoms with Crippen LogP contribution in [0.5, 0.6) is 0 Å². The van der Waals surface area contributed by atoms with Gasteiger partial charge in [0.1, 0.15) is 0 Å². The number of hydrogen-bond acceptors (Lipinski definition) is 4. The van der Waals surface area contributed by atoms with Crippen LogP contribution in [0.3, 0.4) is 0 Å². The zero-order valence-electron chi connectivity index (χ0n) is 14.5. The van der Waals surface area contributed by atoms with Gasteiger partial charge < -0.3 is 5.32 Å². The van der Waals surface area contributed by atoms with Crippen LogP contribution in [0.4, 0.5) is 5.69 Å². The van der Waals surface area contributed by atoms with E-state index in [0.29, 0.717) is 17.1 Å². The highest BCUT2D eigenvalue weighted by atomic mass is 35.5. The maximum absolute atomic E-state index is 12.2. The molecule has 1 saturated heterocycles. The molecule has 1 aliphatic rings. The fourth-order valence-electron chi connectivity index (χ4n) is 3.02. The van der Waals surface area contributed by atoms with Crippen molar-refractivity contribution in [3.8, 4) is 6.07 Å². The van der Waals surface area contributed by atoms with Crippen molar-refractivity contribution in [2.75, 3.05) is 38.0 Å². The summed E-state index contributed by atoms with van der Waals surface area (Å²) in [6.45, 7) is 4.82. The molecule has 6 heteroatoms. The standard InChI is InChI=1S/C20H21ClN4O/c21-18-2-1-3-19(12-18)23-20(26)15-25-10-8-24(9-11-25)14-17-6-4-16(13-22)5-7-17/h1-7,12H,8-11,14-15H2,(H,23,26). The van der Waals surface area contributed by atoms with Crippen molar-refractivity contribution in [3.05, 3.63) is 64.7 Å². The molecule has 0 radical (unpaired) electrons. The van der Waals surface area contributed by atoms with E-state index in [9.17, 15) is 4.79 Å². The normalized spacial score (nSPS) is 15.4. The number of piperazine rings is 1. The molecule has 0 saturated carbocycles. The summed E-state index contributed by atoms with van der Waals surface area (Å²) in [5, 5.41) is 12.3. The molecule has 1 aliphatic heterocycles. The maximum atomic E-state index is 12.2. The van der Waals surface area contributed by atoms with E-state index in [2.05, 4.69) is 21.2 Å². The van der Waals surface area contributed by atoms with E-state index in [4.69, 9.17) is 16.9 Å². The van der Waals surface area contributed by atoms with Crippen LogP contribution >= 0.6 is 11.6 Å². The van der Waals surface area contributed by atoms with Crippen LogP contribution in [0.25, 0.3) is 0 Å². The highest BCUT2D eigenvalue weighted by Gasteiger charge is 2.19. The Kier molecular flexibility index (Phi) is 6.24. The van der Waals surface area contributed by atoms with Crippen molar-refractivity contribution < 1.29 is 4.79 Å². The lowest BCUT2D eigenvalue weighted by Crippen LogP contribution is -2.48. The summed E-state index contributed by atoms with van der Waals surface area (Å²) in [7, 11) is 0. The summed E-state index contributed by atoms with van der Waals surface area (Å²) in [6.07, 6.45) is 0. The minimum Gasteiger partial charge on any atom is -0.325 e. The summed E-state index contributed by atoms with van der Waals surface area (Å²) in [5.74, 6) is -0.0205. The zero-order valence-corrected chi connectivity index (χ0v) is 15.2. The van der Waals surface area contributed by atoms with Crippen LogP contribution in [0, 0.1) is 11.3 Å². The Bertz CT molecular complexity index is 792. The number of hydrogen-bond donors (Lipinski definition) is 1. The lowest BCUT2D eigenvalue weighted by molar-refractivity contribution is -0.117. The summed E-state index contributed by atoms with van der Waals surface area (Å²) in [6, 6.07) is 17.0. The first-order chi connectivity index (χ1) is 12.6. The molecule has 0 unspecified atom stereocenters. The van der Waals surface area contributed by atoms with Gasteiger partial charge in [-0.05, 0) is 35.9 Å². The largest absolute Gasteiger partial charge is 0.325 e. The number of nitriles is 1. The van der Waals surface area contributed by atoms with E-state index in [0.717, 1.165) is 38.4 Å². The number of nitrogens with zero attached hydrogens (tertiary/aromatic N) is 3. The van der Waals surface area contributed by atoms with Crippen LogP contribution in [-0.4, -0.2) is 48.4 Å². The lowest BCUT2D eigenvalue weighted by atomic mass is 10.1. The van der Waals surface area contributed by atoms with Crippen LogP contribution in [0.2, 0.25) is 5.02 Å². The molecular weight excluding hydrogens is 348 g/mol. The molecule has 0 atom stereocenters. The highest BCUT2D eigenvalue weighted by molar-refractivity contribution is 6.30. The van der Waals surface area contributed by atoms with E-state index in [-0.39, 0.29) is 5.91 Å². The van der Waals surface area contributed by atoms with Gasteiger partial charge in [0.05, 0.1) is 18.2 Å². The molecule has 0 aliphatic carbocycles. The van der Waals surface area contributed by atoms with Gasteiger partial charge in [-0.1, -0.05) is 29.8 Å². The van der Waals surface area contributed by atoms with Crippen molar-refractivity contribution >= 4 is 23.2 Å². The van der Waals surface area contributed by atoms with Crippen molar-refractivity contribution in [2.24, 2.45) is 0 Å². The van der Waals surface area contributed by atoms with Crippen molar-refractivity contribution in [3.63, 3.8) is 0 Å². The number of nitrogens with one attached hydrogen (secondary N) is 1. The molecular formula is C20H21ClN4O. The Morgan fingerprint density at radius 1 is 1.08 bits per heavy atom. The summed E-state index contributed by atoms with van der Waals surface area (Å²) in [5.41, 5.74) is 2.61. The predicted molar refractivity (Wildman–Crippen MR) is 103 cm³/mol. The molecule has 2 aromatic rings. The minimum absolute atomic E-state index is 0.0205. The summed E-state index contributed by atoms with van der Waals surface area (Å²) < 4.78 is 0. The molecule has 0 bridgehead atoms. The zero-order chi connectivity index (χ0) is 18.4. The van der Waals surface area contributed by atoms with Gasteiger partial charge >= 0.3 is 0 Å². The third-order valence-corrected chi connectivity index (χ3v) is 4.66. The Hall–Kier alpha value is -2.39. The van der Waals surface area contributed by atoms with E-state index in [1.54, 1.807) is 12.1 Å². The molecule has 5 nitrogen and oxygen atoms in total. The molecule has 134 valence electrons. The minimum atomic E-state index is -0.0205. The fraction of sp³-hybridized carbons (Fsp3) is 0.300. The average Bonchev–Trinajstić information content (AvgIpc) is 2.64. The molecule has 1 N–H and O–H groups in total. The number of anilines is 1. The SMILES string of the molecule is N#Cc1ccc(CN2CCN(CC(=O)Nc3cccc(Cl)c3)CC2)cc1. The first kappa shape index (κ1) is 18.4. The second kappa shape index (κ2) is 8.81. The van der Waals surface area contributed by atoms with Gasteiger partial charge in [-0.25, -0.2) is 0 Å². The molecule has 0 aromatic heterocycles. The van der Waals surface area contributed by atoms with Gasteiger partial charge in [0.15, 0.2) is 0 Å². The molecule has 1 fully saturated rings. The number of carbonyl (C=O) groups is 1. The van der Waals surface area contributed by atoms with Gasteiger partial charge in [-0.15, -0.1) is 0 Å². The monoisotopic (exact) mass is 368 g/mol. The van der Waals surface area contributed by atoms with Gasteiger partial charge in [0, 0.05) is 43.4 Å². The van der Waals surface area contributed by atoms with Crippen LogP contribution < -0.4 is 5.32 Å². The average molecular weight is 369 g/mol. The van der Waals surface area contributed by atoms with Gasteiger partial charge in [0.2, 0.25) is 5.91 Å². The summed E-state index contributed by atoms with van der Waals surface area (Å²) in [4.78, 5) is 16.7. The van der Waals surface area contributed by atoms with Crippen molar-refractivity contribution in [2.45, 2.75) is 6.54 Å². The number of halogens is 1. The third kappa shape index (κ3) is 5.30. The Labute approximate surface area is 158 Å². The van der Waals surface area contributed by atoms with E-state index < -0.39 is 0 Å². The second-order valence-electron chi connectivity index (χ2n) is 6.42. The first-order valence-electron chi connectivity index (χ1n) is 8.61. The first-order valence-corrected chi connectivity index (χ1v) is 8.99. The molecule has 1 heterocycles. The molecule has 3 rings (SSSR count). The quantitative estimate of drug-likeness (QED) is 0.881. The second-order valence-corrected chi connectivity index (χ2v) is 6.86. The van der Waals surface area contributed by atoms with Crippen LogP contribution in [0.1, 0.15) is 11.1 Å².